The van der Waals surface area contributed by atoms with Crippen LogP contribution in [0.1, 0.15) is 28.4 Å². The Hall–Kier alpha value is -3.48. The topological polar surface area (TPSA) is 83.8 Å². The van der Waals surface area contributed by atoms with E-state index in [0.717, 1.165) is 6.42 Å². The zero-order valence-electron chi connectivity index (χ0n) is 16.3. The Morgan fingerprint density at radius 2 is 1.55 bits per heavy atom. The van der Waals surface area contributed by atoms with Crippen molar-refractivity contribution in [2.75, 3.05) is 26.2 Å². The van der Waals surface area contributed by atoms with Crippen LogP contribution in [0, 0.1) is 10.1 Å². The van der Waals surface area contributed by atoms with Crippen molar-refractivity contribution in [3.8, 4) is 0 Å². The largest absolute Gasteiger partial charge is 0.336 e. The molecule has 1 saturated heterocycles. The van der Waals surface area contributed by atoms with Crippen LogP contribution in [0.25, 0.3) is 6.08 Å². The predicted molar refractivity (Wildman–Crippen MR) is 110 cm³/mol. The van der Waals surface area contributed by atoms with E-state index in [1.165, 1.54) is 23.8 Å². The van der Waals surface area contributed by atoms with E-state index in [9.17, 15) is 19.7 Å². The molecule has 0 spiro atoms. The molecule has 2 amide bonds. The average molecular weight is 393 g/mol. The highest BCUT2D eigenvalue weighted by atomic mass is 16.6. The minimum Gasteiger partial charge on any atom is -0.336 e. The number of nitrogens with zero attached hydrogens (tertiary/aromatic N) is 3. The van der Waals surface area contributed by atoms with Gasteiger partial charge in [-0.15, -0.1) is 0 Å². The molecule has 3 rings (SSSR count). The number of piperazine rings is 1. The van der Waals surface area contributed by atoms with Crippen molar-refractivity contribution in [2.24, 2.45) is 0 Å². The summed E-state index contributed by atoms with van der Waals surface area (Å²) in [6.45, 7) is 4.00. The Kier molecular flexibility index (Phi) is 6.39. The second-order valence-corrected chi connectivity index (χ2v) is 6.85. The number of carbonyl (C=O) groups excluding carboxylic acids is 2. The first-order valence-corrected chi connectivity index (χ1v) is 9.57. The maximum absolute atomic E-state index is 12.6. The monoisotopic (exact) mass is 393 g/mol. The number of hydrogen-bond acceptors (Lipinski definition) is 4. The summed E-state index contributed by atoms with van der Waals surface area (Å²) in [5.74, 6) is -0.149. The molecule has 0 N–H and O–H groups in total. The van der Waals surface area contributed by atoms with Crippen molar-refractivity contribution in [2.45, 2.75) is 13.3 Å². The fourth-order valence-electron chi connectivity index (χ4n) is 3.18. The van der Waals surface area contributed by atoms with Crippen LogP contribution in [0.5, 0.6) is 0 Å². The van der Waals surface area contributed by atoms with Gasteiger partial charge < -0.3 is 9.80 Å². The first kappa shape index (κ1) is 20.3. The van der Waals surface area contributed by atoms with Gasteiger partial charge >= 0.3 is 0 Å². The van der Waals surface area contributed by atoms with E-state index in [2.05, 4.69) is 6.92 Å². The SMILES string of the molecule is CCc1ccc(C(=O)N2CCN(C(=O)/C=C/c3ccc([N+](=O)[O-])cc3)CC2)cc1. The summed E-state index contributed by atoms with van der Waals surface area (Å²) in [5, 5.41) is 10.7. The lowest BCUT2D eigenvalue weighted by Gasteiger charge is -2.34. The lowest BCUT2D eigenvalue weighted by Crippen LogP contribution is -2.50. The van der Waals surface area contributed by atoms with Gasteiger partial charge in [0.05, 0.1) is 4.92 Å². The van der Waals surface area contributed by atoms with E-state index < -0.39 is 4.92 Å². The highest BCUT2D eigenvalue weighted by Crippen LogP contribution is 2.14. The molecule has 1 fully saturated rings. The third-order valence-corrected chi connectivity index (χ3v) is 5.01. The van der Waals surface area contributed by atoms with E-state index in [4.69, 9.17) is 0 Å². The molecule has 1 aliphatic rings. The minimum atomic E-state index is -0.461. The van der Waals surface area contributed by atoms with Gasteiger partial charge in [-0.25, -0.2) is 0 Å². The lowest BCUT2D eigenvalue weighted by atomic mass is 10.1. The maximum Gasteiger partial charge on any atom is 0.269 e. The molecule has 1 heterocycles. The third kappa shape index (κ3) is 5.07. The fraction of sp³-hybridized carbons (Fsp3) is 0.273. The van der Waals surface area contributed by atoms with Gasteiger partial charge in [-0.05, 0) is 47.9 Å². The molecule has 0 saturated carbocycles. The molecule has 29 heavy (non-hydrogen) atoms. The number of nitro groups is 1. The number of nitro benzene ring substituents is 1. The second-order valence-electron chi connectivity index (χ2n) is 6.85. The van der Waals surface area contributed by atoms with Gasteiger partial charge in [-0.2, -0.15) is 0 Å². The van der Waals surface area contributed by atoms with Gasteiger partial charge in [0.1, 0.15) is 0 Å². The molecule has 0 unspecified atom stereocenters. The standard InChI is InChI=1S/C22H23N3O4/c1-2-17-3-8-19(9-4-17)22(27)24-15-13-23(14-16-24)21(26)12-7-18-5-10-20(11-6-18)25(28)29/h3-12H,2,13-16H2,1H3/b12-7+. The van der Waals surface area contributed by atoms with Gasteiger partial charge in [-0.1, -0.05) is 19.1 Å². The molecule has 0 bridgehead atoms. The second kappa shape index (κ2) is 9.14. The van der Waals surface area contributed by atoms with Crippen LogP contribution in [-0.4, -0.2) is 52.7 Å². The minimum absolute atomic E-state index is 0.0126. The summed E-state index contributed by atoms with van der Waals surface area (Å²) in [6.07, 6.45) is 4.03. The molecular formula is C22H23N3O4. The Balaban J connectivity index is 1.53. The highest BCUT2D eigenvalue weighted by Gasteiger charge is 2.23. The number of non-ortho nitro benzene ring substituents is 1. The normalized spacial score (nSPS) is 14.2. The predicted octanol–water partition coefficient (Wildman–Crippen LogP) is 3.16. The maximum atomic E-state index is 12.6. The van der Waals surface area contributed by atoms with E-state index in [-0.39, 0.29) is 17.5 Å². The molecule has 1 aliphatic heterocycles. The van der Waals surface area contributed by atoms with Gasteiger partial charge in [0.2, 0.25) is 5.91 Å². The number of benzene rings is 2. The molecule has 2 aromatic carbocycles. The summed E-state index contributed by atoms with van der Waals surface area (Å²) in [6, 6.07) is 13.6. The summed E-state index contributed by atoms with van der Waals surface area (Å²) in [4.78, 5) is 38.7. The Labute approximate surface area is 169 Å². The summed E-state index contributed by atoms with van der Waals surface area (Å²) in [5.41, 5.74) is 2.59. The molecule has 0 aliphatic carbocycles. The van der Waals surface area contributed by atoms with Crippen molar-refractivity contribution in [3.63, 3.8) is 0 Å². The van der Waals surface area contributed by atoms with Gasteiger partial charge in [0, 0.05) is 50.0 Å². The fourth-order valence-corrected chi connectivity index (χ4v) is 3.18. The van der Waals surface area contributed by atoms with Crippen LogP contribution in [0.4, 0.5) is 5.69 Å². The molecular weight excluding hydrogens is 370 g/mol. The number of rotatable bonds is 5. The van der Waals surface area contributed by atoms with Crippen molar-refractivity contribution >= 4 is 23.6 Å². The van der Waals surface area contributed by atoms with Crippen molar-refractivity contribution in [1.82, 2.24) is 9.80 Å². The van der Waals surface area contributed by atoms with E-state index >= 15 is 0 Å². The van der Waals surface area contributed by atoms with Crippen LogP contribution < -0.4 is 0 Å². The molecule has 7 heteroatoms. The molecule has 0 radical (unpaired) electrons. The number of amides is 2. The number of aryl methyl sites for hydroxylation is 1. The quantitative estimate of drug-likeness (QED) is 0.444. The Morgan fingerprint density at radius 3 is 2.10 bits per heavy atom. The van der Waals surface area contributed by atoms with Crippen LogP contribution in [0.15, 0.2) is 54.6 Å². The third-order valence-electron chi connectivity index (χ3n) is 5.01. The Bertz CT molecular complexity index is 912. The molecule has 0 aromatic heterocycles. The molecule has 0 atom stereocenters. The van der Waals surface area contributed by atoms with Gasteiger partial charge in [0.25, 0.3) is 11.6 Å². The van der Waals surface area contributed by atoms with Crippen molar-refractivity contribution in [1.29, 1.82) is 0 Å². The van der Waals surface area contributed by atoms with E-state index in [0.29, 0.717) is 37.3 Å². The Morgan fingerprint density at radius 1 is 0.966 bits per heavy atom. The first-order valence-electron chi connectivity index (χ1n) is 9.57. The van der Waals surface area contributed by atoms with Crippen LogP contribution in [0.2, 0.25) is 0 Å². The lowest BCUT2D eigenvalue weighted by molar-refractivity contribution is -0.384. The molecule has 150 valence electrons. The summed E-state index contributed by atoms with van der Waals surface area (Å²) < 4.78 is 0. The van der Waals surface area contributed by atoms with Crippen LogP contribution in [-0.2, 0) is 11.2 Å². The summed E-state index contributed by atoms with van der Waals surface area (Å²) >= 11 is 0. The summed E-state index contributed by atoms with van der Waals surface area (Å²) in [7, 11) is 0. The van der Waals surface area contributed by atoms with E-state index in [1.807, 2.05) is 24.3 Å². The van der Waals surface area contributed by atoms with Crippen LogP contribution in [0.3, 0.4) is 0 Å². The number of carbonyl (C=O) groups is 2. The number of hydrogen-bond donors (Lipinski definition) is 0. The average Bonchev–Trinajstić information content (AvgIpc) is 2.77. The first-order chi connectivity index (χ1) is 14.0. The van der Waals surface area contributed by atoms with Crippen LogP contribution >= 0.6 is 0 Å². The van der Waals surface area contributed by atoms with Crippen molar-refractivity contribution < 1.29 is 14.5 Å². The zero-order valence-corrected chi connectivity index (χ0v) is 16.3. The highest BCUT2D eigenvalue weighted by molar-refractivity contribution is 5.95. The molecule has 2 aromatic rings. The zero-order chi connectivity index (χ0) is 20.8. The van der Waals surface area contributed by atoms with Gasteiger partial charge in [0.15, 0.2) is 0 Å². The van der Waals surface area contributed by atoms with Gasteiger partial charge in [-0.3, -0.25) is 19.7 Å². The smallest absolute Gasteiger partial charge is 0.269 e. The molecule has 7 nitrogen and oxygen atoms in total. The van der Waals surface area contributed by atoms with Crippen molar-refractivity contribution in [3.05, 3.63) is 81.4 Å². The van der Waals surface area contributed by atoms with E-state index in [1.54, 1.807) is 28.0 Å².